The summed E-state index contributed by atoms with van der Waals surface area (Å²) in [5.74, 6) is -1.09. The quantitative estimate of drug-likeness (QED) is 0.106. The van der Waals surface area contributed by atoms with Gasteiger partial charge < -0.3 is 16.2 Å². The van der Waals surface area contributed by atoms with Gasteiger partial charge in [0.05, 0.1) is 29.6 Å². The van der Waals surface area contributed by atoms with Crippen molar-refractivity contribution in [3.63, 3.8) is 0 Å². The number of benzene rings is 2. The van der Waals surface area contributed by atoms with Gasteiger partial charge in [0, 0.05) is 40.1 Å². The van der Waals surface area contributed by atoms with Gasteiger partial charge in [-0.05, 0) is 48.0 Å². The molecular weight excluding hydrogens is 569 g/mol. The molecule has 0 aliphatic carbocycles. The van der Waals surface area contributed by atoms with Gasteiger partial charge >= 0.3 is 12.1 Å². The number of nitrogens with one attached hydrogen (secondary N) is 1. The number of carbonyl (C=O) groups excluding carboxylic acids is 2. The highest BCUT2D eigenvalue weighted by Gasteiger charge is 2.32. The van der Waals surface area contributed by atoms with Gasteiger partial charge in [-0.15, -0.1) is 0 Å². The number of nitrogens with two attached hydrogens (primary N) is 1. The van der Waals surface area contributed by atoms with E-state index in [1.807, 2.05) is 6.07 Å². The number of carbonyl (C=O) groups is 3. The van der Waals surface area contributed by atoms with E-state index >= 15 is 0 Å². The number of hydrogen-bond acceptors (Lipinski definition) is 7. The second-order valence-electron chi connectivity index (χ2n) is 8.15. The number of amides is 1. The largest absolute Gasteiger partial charge is 0.481 e. The summed E-state index contributed by atoms with van der Waals surface area (Å²) in [7, 11) is 0. The third-order valence-electron chi connectivity index (χ3n) is 5.23. The summed E-state index contributed by atoms with van der Waals surface area (Å²) in [5, 5.41) is 11.7. The minimum atomic E-state index is -4.60. The van der Waals surface area contributed by atoms with Crippen LogP contribution in [0.1, 0.15) is 38.4 Å². The molecule has 0 radical (unpaired) electrons. The van der Waals surface area contributed by atoms with Crippen LogP contribution >= 0.6 is 23.4 Å². The Hall–Kier alpha value is -4.16. The first-order valence-corrected chi connectivity index (χ1v) is 13.0. The Labute approximate surface area is 236 Å². The van der Waals surface area contributed by atoms with Crippen LogP contribution in [0.25, 0.3) is 0 Å². The number of anilines is 1. The molecule has 0 saturated heterocycles. The number of Topliss-reactive ketones (excluding diaryl/α,β-unsaturated/α-hetero) is 1. The molecule has 1 heterocycles. The summed E-state index contributed by atoms with van der Waals surface area (Å²) < 4.78 is 38.2. The van der Waals surface area contributed by atoms with Crippen molar-refractivity contribution < 1.29 is 32.7 Å². The average Bonchev–Trinajstić information content (AvgIpc) is 2.92. The van der Waals surface area contributed by atoms with E-state index in [-0.39, 0.29) is 34.0 Å². The van der Waals surface area contributed by atoms with E-state index in [1.54, 1.807) is 18.2 Å². The number of carboxylic acid groups (broad SMARTS) is 1. The lowest BCUT2D eigenvalue weighted by Gasteiger charge is -2.12. The van der Waals surface area contributed by atoms with Gasteiger partial charge in [0.2, 0.25) is 0 Å². The molecule has 0 saturated carbocycles. The van der Waals surface area contributed by atoms with E-state index in [4.69, 9.17) is 22.4 Å². The van der Waals surface area contributed by atoms with Crippen molar-refractivity contribution in [2.45, 2.75) is 18.3 Å². The maximum atomic E-state index is 13.3. The Morgan fingerprint density at radius 2 is 1.90 bits per heavy atom. The summed E-state index contributed by atoms with van der Waals surface area (Å²) in [6.07, 6.45) is -1.62. The molecular formula is C27H22ClF3N4O4S. The van der Waals surface area contributed by atoms with Crippen LogP contribution in [-0.2, 0) is 16.7 Å². The standard InChI is InChI=1S/C27H22ClF3N4O4S/c28-19-4-6-22(35-26(39)17-3-1-2-16(10-17)15-40-9-8-24(36)37)21(11-19)25(38)18(12-32)13-33-20-5-7-23(34-14-20)27(29,30)31/h1-7,10-14H,8-9,15,32H2,(H,35,39)(H,36,37)/b18-12+,33-13?. The predicted molar refractivity (Wildman–Crippen MR) is 148 cm³/mol. The van der Waals surface area contributed by atoms with Gasteiger partial charge in [0.15, 0.2) is 5.78 Å². The molecule has 8 nitrogen and oxygen atoms in total. The second-order valence-corrected chi connectivity index (χ2v) is 9.69. The topological polar surface area (TPSA) is 135 Å². The Bertz CT molecular complexity index is 1460. The van der Waals surface area contributed by atoms with Crippen molar-refractivity contribution in [2.24, 2.45) is 10.7 Å². The fourth-order valence-corrected chi connectivity index (χ4v) is 4.32. The lowest BCUT2D eigenvalue weighted by Crippen LogP contribution is -2.16. The Morgan fingerprint density at radius 3 is 2.55 bits per heavy atom. The minimum absolute atomic E-state index is 0.00919. The Kier molecular flexibility index (Phi) is 10.5. The van der Waals surface area contributed by atoms with Crippen molar-refractivity contribution in [3.05, 3.63) is 100.0 Å². The molecule has 208 valence electrons. The molecule has 0 aliphatic rings. The normalized spacial score (nSPS) is 11.9. The zero-order valence-electron chi connectivity index (χ0n) is 20.6. The number of pyridine rings is 1. The van der Waals surface area contributed by atoms with Crippen LogP contribution in [0.5, 0.6) is 0 Å². The minimum Gasteiger partial charge on any atom is -0.481 e. The number of ketones is 1. The molecule has 13 heteroatoms. The van der Waals surface area contributed by atoms with Gasteiger partial charge in [-0.3, -0.25) is 19.4 Å². The van der Waals surface area contributed by atoms with Crippen molar-refractivity contribution in [3.8, 4) is 0 Å². The Balaban J connectivity index is 1.77. The first-order valence-electron chi connectivity index (χ1n) is 11.5. The number of aliphatic imine (C=N–C) groups is 1. The van der Waals surface area contributed by atoms with E-state index in [9.17, 15) is 27.6 Å². The van der Waals surface area contributed by atoms with Gasteiger partial charge in [-0.2, -0.15) is 24.9 Å². The number of carboxylic acids is 1. The molecule has 40 heavy (non-hydrogen) atoms. The summed E-state index contributed by atoms with van der Waals surface area (Å²) in [4.78, 5) is 44.2. The highest BCUT2D eigenvalue weighted by Crippen LogP contribution is 2.28. The monoisotopic (exact) mass is 590 g/mol. The van der Waals surface area contributed by atoms with Crippen molar-refractivity contribution >= 4 is 58.6 Å². The fraction of sp³-hybridized carbons (Fsp3) is 0.148. The van der Waals surface area contributed by atoms with Crippen LogP contribution in [0.4, 0.5) is 24.5 Å². The predicted octanol–water partition coefficient (Wildman–Crippen LogP) is 6.14. The summed E-state index contributed by atoms with van der Waals surface area (Å²) >= 11 is 7.52. The number of rotatable bonds is 11. The molecule has 0 bridgehead atoms. The second kappa shape index (κ2) is 13.8. The lowest BCUT2D eigenvalue weighted by atomic mass is 10.0. The molecule has 1 aromatic heterocycles. The van der Waals surface area contributed by atoms with E-state index in [2.05, 4.69) is 15.3 Å². The number of nitrogens with zero attached hydrogens (tertiary/aromatic N) is 2. The average molecular weight is 591 g/mol. The zero-order valence-corrected chi connectivity index (χ0v) is 22.2. The van der Waals surface area contributed by atoms with Crippen molar-refractivity contribution in [1.82, 2.24) is 4.98 Å². The molecule has 0 aliphatic heterocycles. The number of aliphatic carboxylic acids is 1. The maximum Gasteiger partial charge on any atom is 0.433 e. The number of thioether (sulfide) groups is 1. The molecule has 1 amide bonds. The summed E-state index contributed by atoms with van der Waals surface area (Å²) in [6, 6.07) is 12.9. The van der Waals surface area contributed by atoms with Crippen molar-refractivity contribution in [1.29, 1.82) is 0 Å². The van der Waals surface area contributed by atoms with Crippen LogP contribution in [0.15, 0.2) is 77.6 Å². The number of aromatic nitrogens is 1. The Morgan fingerprint density at radius 1 is 1.12 bits per heavy atom. The SMILES string of the molecule is N/C=C(\C=Nc1ccc(C(F)(F)F)nc1)C(=O)c1cc(Cl)ccc1NC(=O)c1cccc(CSCCC(=O)O)c1. The van der Waals surface area contributed by atoms with Crippen LogP contribution in [0.3, 0.4) is 0 Å². The highest BCUT2D eigenvalue weighted by atomic mass is 35.5. The summed E-state index contributed by atoms with van der Waals surface area (Å²) in [5.41, 5.74) is 5.77. The first kappa shape index (κ1) is 30.4. The highest BCUT2D eigenvalue weighted by molar-refractivity contribution is 7.98. The fourth-order valence-electron chi connectivity index (χ4n) is 3.27. The molecule has 3 rings (SSSR count). The molecule has 0 fully saturated rings. The number of alkyl halides is 3. The van der Waals surface area contributed by atoms with Crippen molar-refractivity contribution in [2.75, 3.05) is 11.1 Å². The lowest BCUT2D eigenvalue weighted by molar-refractivity contribution is -0.141. The van der Waals surface area contributed by atoms with E-state index in [1.165, 1.54) is 30.0 Å². The molecule has 4 N–H and O–H groups in total. The van der Waals surface area contributed by atoms with E-state index in [0.717, 1.165) is 36.3 Å². The van der Waals surface area contributed by atoms with Crippen LogP contribution in [0.2, 0.25) is 5.02 Å². The number of hydrogen-bond donors (Lipinski definition) is 3. The molecule has 0 unspecified atom stereocenters. The van der Waals surface area contributed by atoms with E-state index < -0.39 is 29.5 Å². The zero-order chi connectivity index (χ0) is 29.3. The molecule has 0 atom stereocenters. The summed E-state index contributed by atoms with van der Waals surface area (Å²) in [6.45, 7) is 0. The van der Waals surface area contributed by atoms with Gasteiger partial charge in [0.1, 0.15) is 5.69 Å². The van der Waals surface area contributed by atoms with Gasteiger partial charge in [-0.25, -0.2) is 4.98 Å². The van der Waals surface area contributed by atoms with Gasteiger partial charge in [-0.1, -0.05) is 23.7 Å². The smallest absolute Gasteiger partial charge is 0.433 e. The number of halogens is 4. The third-order valence-corrected chi connectivity index (χ3v) is 6.49. The molecule has 2 aromatic carbocycles. The maximum absolute atomic E-state index is 13.3. The molecule has 0 spiro atoms. The molecule has 3 aromatic rings. The van der Waals surface area contributed by atoms with Crippen LogP contribution in [0, 0.1) is 0 Å². The number of allylic oxidation sites excluding steroid dienone is 1. The van der Waals surface area contributed by atoms with E-state index in [0.29, 0.717) is 17.1 Å². The van der Waals surface area contributed by atoms with Crippen LogP contribution in [-0.4, -0.2) is 39.7 Å². The van der Waals surface area contributed by atoms with Crippen LogP contribution < -0.4 is 11.1 Å². The van der Waals surface area contributed by atoms with Gasteiger partial charge in [0.25, 0.3) is 5.91 Å². The first-order chi connectivity index (χ1) is 19.0. The third kappa shape index (κ3) is 8.68.